The van der Waals surface area contributed by atoms with Crippen LogP contribution in [0.2, 0.25) is 0 Å². The number of nitrogens with zero attached hydrogens (tertiary/aromatic N) is 4. The Balaban J connectivity index is 1.65. The number of hydrogen-bond acceptors (Lipinski definition) is 4. The van der Waals surface area contributed by atoms with Crippen LogP contribution in [-0.2, 0) is 6.54 Å². The maximum Gasteiger partial charge on any atom is 0.276 e. The molecule has 2 aliphatic carbocycles. The van der Waals surface area contributed by atoms with E-state index in [1.165, 1.54) is 25.7 Å². The monoisotopic (exact) mass is 263 g/mol. The third-order valence-corrected chi connectivity index (χ3v) is 3.75. The molecule has 6 nitrogen and oxygen atoms in total. The molecule has 2 N–H and O–H groups in total. The highest BCUT2D eigenvalue weighted by atomic mass is 16.2. The van der Waals surface area contributed by atoms with Crippen molar-refractivity contribution < 1.29 is 4.79 Å². The molecule has 1 aromatic heterocycles. The van der Waals surface area contributed by atoms with Gasteiger partial charge in [0.25, 0.3) is 5.91 Å². The van der Waals surface area contributed by atoms with E-state index >= 15 is 0 Å². The molecule has 1 heterocycles. The van der Waals surface area contributed by atoms with Gasteiger partial charge in [0.15, 0.2) is 5.69 Å². The van der Waals surface area contributed by atoms with Gasteiger partial charge in [0.05, 0.1) is 12.7 Å². The van der Waals surface area contributed by atoms with Crippen molar-refractivity contribution in [1.29, 1.82) is 0 Å². The number of carbonyl (C=O) groups excluding carboxylic acids is 1. The molecule has 0 aliphatic heterocycles. The molecule has 0 spiro atoms. The van der Waals surface area contributed by atoms with Gasteiger partial charge >= 0.3 is 0 Å². The number of carbonyl (C=O) groups is 1. The fourth-order valence-electron chi connectivity index (χ4n) is 2.26. The molecule has 3 rings (SSSR count). The Kier molecular flexibility index (Phi) is 3.50. The van der Waals surface area contributed by atoms with Gasteiger partial charge in [-0.2, -0.15) is 0 Å². The van der Waals surface area contributed by atoms with Crippen LogP contribution in [0, 0.1) is 11.8 Å². The largest absolute Gasteiger partial charge is 0.337 e. The van der Waals surface area contributed by atoms with Crippen molar-refractivity contribution in [2.75, 3.05) is 19.6 Å². The molecule has 1 amide bonds. The van der Waals surface area contributed by atoms with Gasteiger partial charge in [-0.05, 0) is 37.5 Å². The molecule has 0 radical (unpaired) electrons. The Morgan fingerprint density at radius 3 is 2.47 bits per heavy atom. The van der Waals surface area contributed by atoms with E-state index < -0.39 is 0 Å². The standard InChI is InChI=1S/C13H21N5O/c14-5-6-18-9-12(15-16-18)13(19)17(7-10-1-2-10)8-11-3-4-11/h9-11H,1-8,14H2. The van der Waals surface area contributed by atoms with Gasteiger partial charge in [0.1, 0.15) is 0 Å². The molecule has 1 aromatic rings. The second kappa shape index (κ2) is 5.28. The Bertz CT molecular complexity index is 436. The van der Waals surface area contributed by atoms with Crippen molar-refractivity contribution in [2.24, 2.45) is 17.6 Å². The molecule has 2 aliphatic rings. The quantitative estimate of drug-likeness (QED) is 0.777. The van der Waals surface area contributed by atoms with Crippen LogP contribution in [-0.4, -0.2) is 45.4 Å². The molecular weight excluding hydrogens is 242 g/mol. The summed E-state index contributed by atoms with van der Waals surface area (Å²) < 4.78 is 1.64. The first kappa shape index (κ1) is 12.6. The number of hydrogen-bond donors (Lipinski definition) is 1. The van der Waals surface area contributed by atoms with E-state index in [-0.39, 0.29) is 5.91 Å². The minimum absolute atomic E-state index is 0.0297. The van der Waals surface area contributed by atoms with Crippen molar-refractivity contribution >= 4 is 5.91 Å². The molecule has 6 heteroatoms. The molecule has 104 valence electrons. The first-order chi connectivity index (χ1) is 9.26. The Morgan fingerprint density at radius 1 is 1.32 bits per heavy atom. The lowest BCUT2D eigenvalue weighted by Crippen LogP contribution is -2.35. The summed E-state index contributed by atoms with van der Waals surface area (Å²) in [5, 5.41) is 7.92. The van der Waals surface area contributed by atoms with Gasteiger partial charge in [-0.3, -0.25) is 9.48 Å². The van der Waals surface area contributed by atoms with Gasteiger partial charge in [0, 0.05) is 19.6 Å². The zero-order valence-corrected chi connectivity index (χ0v) is 11.2. The van der Waals surface area contributed by atoms with Crippen LogP contribution in [0.5, 0.6) is 0 Å². The summed E-state index contributed by atoms with van der Waals surface area (Å²) in [4.78, 5) is 14.4. The highest BCUT2D eigenvalue weighted by molar-refractivity contribution is 5.92. The van der Waals surface area contributed by atoms with Gasteiger partial charge in [-0.1, -0.05) is 5.21 Å². The normalized spacial score (nSPS) is 18.6. The molecule has 2 fully saturated rings. The van der Waals surface area contributed by atoms with E-state index in [1.807, 2.05) is 4.90 Å². The van der Waals surface area contributed by atoms with E-state index in [0.717, 1.165) is 13.1 Å². The number of nitrogens with two attached hydrogens (primary N) is 1. The Labute approximate surface area is 112 Å². The summed E-state index contributed by atoms with van der Waals surface area (Å²) in [5.41, 5.74) is 5.92. The van der Waals surface area contributed by atoms with Crippen molar-refractivity contribution in [2.45, 2.75) is 32.2 Å². The smallest absolute Gasteiger partial charge is 0.276 e. The van der Waals surface area contributed by atoms with Crippen LogP contribution in [0.1, 0.15) is 36.2 Å². The van der Waals surface area contributed by atoms with Crippen molar-refractivity contribution in [3.05, 3.63) is 11.9 Å². The molecule has 19 heavy (non-hydrogen) atoms. The highest BCUT2D eigenvalue weighted by Crippen LogP contribution is 2.34. The fraction of sp³-hybridized carbons (Fsp3) is 0.769. The summed E-state index contributed by atoms with van der Waals surface area (Å²) in [5.74, 6) is 1.45. The van der Waals surface area contributed by atoms with Crippen molar-refractivity contribution in [3.8, 4) is 0 Å². The number of rotatable bonds is 7. The molecule has 0 bridgehead atoms. The molecule has 0 unspecified atom stereocenters. The van der Waals surface area contributed by atoms with E-state index in [2.05, 4.69) is 10.3 Å². The molecular formula is C13H21N5O. The zero-order chi connectivity index (χ0) is 13.2. The summed E-state index contributed by atoms with van der Waals surface area (Å²) >= 11 is 0. The van der Waals surface area contributed by atoms with Crippen LogP contribution in [0.4, 0.5) is 0 Å². The predicted octanol–water partition coefficient (Wildman–Crippen LogP) is 0.499. The highest BCUT2D eigenvalue weighted by Gasteiger charge is 2.32. The number of amides is 1. The van der Waals surface area contributed by atoms with Gasteiger partial charge < -0.3 is 10.6 Å². The summed E-state index contributed by atoms with van der Waals surface area (Å²) in [6.07, 6.45) is 6.74. The van der Waals surface area contributed by atoms with Gasteiger partial charge in [-0.15, -0.1) is 5.10 Å². The molecule has 2 saturated carbocycles. The van der Waals surface area contributed by atoms with Crippen LogP contribution in [0.25, 0.3) is 0 Å². The summed E-state index contributed by atoms with van der Waals surface area (Å²) in [7, 11) is 0. The SMILES string of the molecule is NCCn1cc(C(=O)N(CC2CC2)CC2CC2)nn1. The van der Waals surface area contributed by atoms with Crippen LogP contribution >= 0.6 is 0 Å². The Morgan fingerprint density at radius 2 is 1.95 bits per heavy atom. The van der Waals surface area contributed by atoms with Gasteiger partial charge in [-0.25, -0.2) is 0 Å². The lowest BCUT2D eigenvalue weighted by atomic mass is 10.3. The number of aromatic nitrogens is 3. The average molecular weight is 263 g/mol. The summed E-state index contributed by atoms with van der Waals surface area (Å²) in [6, 6.07) is 0. The minimum atomic E-state index is 0.0297. The zero-order valence-electron chi connectivity index (χ0n) is 11.2. The van der Waals surface area contributed by atoms with Crippen LogP contribution in [0.3, 0.4) is 0 Å². The van der Waals surface area contributed by atoms with E-state index in [1.54, 1.807) is 10.9 Å². The first-order valence-electron chi connectivity index (χ1n) is 7.15. The topological polar surface area (TPSA) is 77.0 Å². The van der Waals surface area contributed by atoms with Crippen LogP contribution in [0.15, 0.2) is 6.20 Å². The minimum Gasteiger partial charge on any atom is -0.337 e. The average Bonchev–Trinajstić information content (AvgIpc) is 3.31. The molecule has 0 atom stereocenters. The first-order valence-corrected chi connectivity index (χ1v) is 7.15. The maximum atomic E-state index is 12.5. The second-order valence-corrected chi connectivity index (χ2v) is 5.75. The lowest BCUT2D eigenvalue weighted by molar-refractivity contribution is 0.0733. The van der Waals surface area contributed by atoms with E-state index in [0.29, 0.717) is 30.6 Å². The third kappa shape index (κ3) is 3.32. The third-order valence-electron chi connectivity index (χ3n) is 3.75. The van der Waals surface area contributed by atoms with Crippen molar-refractivity contribution in [3.63, 3.8) is 0 Å². The second-order valence-electron chi connectivity index (χ2n) is 5.75. The lowest BCUT2D eigenvalue weighted by Gasteiger charge is -2.21. The van der Waals surface area contributed by atoms with Gasteiger partial charge in [0.2, 0.25) is 0 Å². The van der Waals surface area contributed by atoms with Crippen molar-refractivity contribution in [1.82, 2.24) is 19.9 Å². The van der Waals surface area contributed by atoms with E-state index in [9.17, 15) is 4.79 Å². The fourth-order valence-corrected chi connectivity index (χ4v) is 2.26. The maximum absolute atomic E-state index is 12.5. The molecule has 0 aromatic carbocycles. The Hall–Kier alpha value is -1.43. The molecule has 0 saturated heterocycles. The van der Waals surface area contributed by atoms with E-state index in [4.69, 9.17) is 5.73 Å². The summed E-state index contributed by atoms with van der Waals surface area (Å²) in [6.45, 7) is 2.88. The van der Waals surface area contributed by atoms with Crippen LogP contribution < -0.4 is 5.73 Å². The predicted molar refractivity (Wildman–Crippen MR) is 70.4 cm³/mol.